The number of thioether (sulfide) groups is 1. The maximum absolute atomic E-state index is 12.9. The van der Waals surface area contributed by atoms with Crippen LogP contribution in [0.1, 0.15) is 25.7 Å². The molecule has 1 aliphatic carbocycles. The van der Waals surface area contributed by atoms with Gasteiger partial charge in [-0.1, -0.05) is 18.2 Å². The number of H-pyrrole nitrogens is 2. The van der Waals surface area contributed by atoms with Crippen LogP contribution in [0.4, 0.5) is 5.95 Å². The van der Waals surface area contributed by atoms with Crippen LogP contribution in [-0.2, 0) is 10.0 Å². The molecular weight excluding hydrogens is 462 g/mol. The summed E-state index contributed by atoms with van der Waals surface area (Å²) in [6, 6.07) is 9.32. The molecule has 0 atom stereocenters. The molecule has 11 nitrogen and oxygen atoms in total. The molecule has 0 amide bonds. The van der Waals surface area contributed by atoms with Crippen LogP contribution in [0.25, 0.3) is 33.5 Å². The molecule has 0 spiro atoms. The largest absolute Gasteiger partial charge is 0.369 e. The number of aromatic amines is 2. The number of sulfonamides is 1. The molecule has 1 fully saturated rings. The molecule has 0 saturated heterocycles. The summed E-state index contributed by atoms with van der Waals surface area (Å²) in [4.78, 5) is 7.86. The molecule has 33 heavy (non-hydrogen) atoms. The number of aromatic nitrogens is 6. The van der Waals surface area contributed by atoms with E-state index in [4.69, 9.17) is 16.6 Å². The van der Waals surface area contributed by atoms with Crippen molar-refractivity contribution in [1.29, 1.82) is 0 Å². The molecule has 0 aliphatic heterocycles. The Bertz CT molecular complexity index is 1410. The summed E-state index contributed by atoms with van der Waals surface area (Å²) in [5.74, 6) is 0.388. The van der Waals surface area contributed by atoms with Crippen LogP contribution in [-0.4, -0.2) is 50.3 Å². The summed E-state index contributed by atoms with van der Waals surface area (Å²) < 4.78 is 25.9. The number of nitrogen functional groups attached to an aromatic ring is 1. The van der Waals surface area contributed by atoms with Crippen LogP contribution in [0.3, 0.4) is 0 Å². The zero-order valence-electron chi connectivity index (χ0n) is 17.5. The normalized spacial score (nSPS) is 19.2. The van der Waals surface area contributed by atoms with Crippen LogP contribution in [0.2, 0.25) is 0 Å². The lowest BCUT2D eigenvalue weighted by molar-refractivity contribution is 0.450. The number of fused-ring (bicyclic) bond motifs is 1. The molecule has 0 bridgehead atoms. The van der Waals surface area contributed by atoms with Gasteiger partial charge < -0.3 is 16.5 Å². The van der Waals surface area contributed by atoms with Crippen molar-refractivity contribution < 1.29 is 8.42 Å². The van der Waals surface area contributed by atoms with Crippen molar-refractivity contribution in [3.8, 4) is 22.5 Å². The smallest absolute Gasteiger partial charge is 0.239 e. The fourth-order valence-corrected chi connectivity index (χ4v) is 6.86. The lowest BCUT2D eigenvalue weighted by Gasteiger charge is -2.26. The SMILES string of the molecule is Nc1nc2cccc(-c3ccc(SC4CCC(N)CC4)c(S(N)(=O)=O)c3-c3nn[nH]n3)c2[nH]1. The van der Waals surface area contributed by atoms with Crippen LogP contribution in [0.15, 0.2) is 40.1 Å². The van der Waals surface area contributed by atoms with Gasteiger partial charge in [0, 0.05) is 21.8 Å². The lowest BCUT2D eigenvalue weighted by Crippen LogP contribution is -2.27. The van der Waals surface area contributed by atoms with E-state index in [9.17, 15) is 8.42 Å². The van der Waals surface area contributed by atoms with Gasteiger partial charge in [0.15, 0.2) is 5.95 Å². The van der Waals surface area contributed by atoms with Gasteiger partial charge in [-0.25, -0.2) is 18.5 Å². The van der Waals surface area contributed by atoms with Crippen LogP contribution in [0, 0.1) is 0 Å². The Morgan fingerprint density at radius 3 is 2.55 bits per heavy atom. The minimum absolute atomic E-state index is 0.0224. The number of benzene rings is 2. The predicted molar refractivity (Wildman–Crippen MR) is 127 cm³/mol. The summed E-state index contributed by atoms with van der Waals surface area (Å²) >= 11 is 1.50. The first-order valence-electron chi connectivity index (χ1n) is 10.4. The van der Waals surface area contributed by atoms with Gasteiger partial charge in [-0.15, -0.1) is 22.0 Å². The molecule has 0 unspecified atom stereocenters. The van der Waals surface area contributed by atoms with E-state index in [-0.39, 0.29) is 33.5 Å². The zero-order chi connectivity index (χ0) is 23.2. The van der Waals surface area contributed by atoms with Crippen LogP contribution in [0.5, 0.6) is 0 Å². The topological polar surface area (TPSA) is 195 Å². The van der Waals surface area contributed by atoms with Crippen molar-refractivity contribution in [2.75, 3.05) is 5.73 Å². The van der Waals surface area contributed by atoms with Gasteiger partial charge in [0.05, 0.1) is 16.6 Å². The van der Waals surface area contributed by atoms with Crippen molar-refractivity contribution in [3.63, 3.8) is 0 Å². The number of rotatable bonds is 5. The number of anilines is 1. The highest BCUT2D eigenvalue weighted by molar-refractivity contribution is 8.00. The number of nitrogens with one attached hydrogen (secondary N) is 2. The summed E-state index contributed by atoms with van der Waals surface area (Å²) in [6.45, 7) is 0. The molecular formula is C20H23N9O2S2. The van der Waals surface area contributed by atoms with E-state index in [1.54, 1.807) is 6.07 Å². The van der Waals surface area contributed by atoms with E-state index in [2.05, 4.69) is 30.6 Å². The predicted octanol–water partition coefficient (Wildman–Crippen LogP) is 2.00. The Balaban J connectivity index is 1.74. The van der Waals surface area contributed by atoms with E-state index < -0.39 is 10.0 Å². The van der Waals surface area contributed by atoms with E-state index >= 15 is 0 Å². The monoisotopic (exact) mass is 485 g/mol. The maximum Gasteiger partial charge on any atom is 0.239 e. The minimum atomic E-state index is -4.15. The van der Waals surface area contributed by atoms with Gasteiger partial charge in [-0.2, -0.15) is 5.21 Å². The number of tetrazole rings is 1. The Hall–Kier alpha value is -3.00. The number of para-hydroxylation sites is 1. The highest BCUT2D eigenvalue weighted by Crippen LogP contribution is 2.44. The first-order valence-corrected chi connectivity index (χ1v) is 12.8. The molecule has 2 heterocycles. The second-order valence-electron chi connectivity index (χ2n) is 8.07. The molecule has 13 heteroatoms. The first kappa shape index (κ1) is 21.8. The molecule has 1 aliphatic rings. The summed E-state index contributed by atoms with van der Waals surface area (Å²) in [5.41, 5.74) is 14.8. The Morgan fingerprint density at radius 1 is 1.06 bits per heavy atom. The Kier molecular flexibility index (Phi) is 5.56. The van der Waals surface area contributed by atoms with Gasteiger partial charge in [-0.05, 0) is 48.6 Å². The third-order valence-electron chi connectivity index (χ3n) is 5.81. The van der Waals surface area contributed by atoms with Gasteiger partial charge in [0.2, 0.25) is 15.8 Å². The number of hydrogen-bond acceptors (Lipinski definition) is 9. The molecule has 2 aromatic carbocycles. The summed E-state index contributed by atoms with van der Waals surface area (Å²) in [6.07, 6.45) is 3.62. The van der Waals surface area contributed by atoms with E-state index in [0.717, 1.165) is 25.7 Å². The molecule has 5 rings (SSSR count). The lowest BCUT2D eigenvalue weighted by atomic mass is 9.96. The second kappa shape index (κ2) is 8.41. The van der Waals surface area contributed by atoms with Crippen molar-refractivity contribution in [3.05, 3.63) is 30.3 Å². The third-order valence-corrected chi connectivity index (χ3v) is 8.34. The van der Waals surface area contributed by atoms with Gasteiger partial charge >= 0.3 is 0 Å². The number of hydrogen-bond donors (Lipinski definition) is 5. The molecule has 2 aromatic heterocycles. The standard InChI is InChI=1S/C20H23N9O2S2/c21-10-4-6-11(7-5-10)32-15-9-8-12(13-2-1-3-14-17(13)25-20(22)24-14)16(18(15)33(23,30)31)19-26-28-29-27-19/h1-3,8-11H,4-7,21H2,(H3,22,24,25)(H2,23,30,31)(H,26,27,28,29). The average molecular weight is 486 g/mol. The van der Waals surface area contributed by atoms with Crippen LogP contribution < -0.4 is 16.6 Å². The molecule has 4 aromatic rings. The van der Waals surface area contributed by atoms with Crippen molar-refractivity contribution in [1.82, 2.24) is 30.6 Å². The van der Waals surface area contributed by atoms with E-state index in [1.807, 2.05) is 24.3 Å². The number of nitrogens with zero attached hydrogens (tertiary/aromatic N) is 4. The maximum atomic E-state index is 12.9. The first-order chi connectivity index (χ1) is 15.8. The third kappa shape index (κ3) is 4.19. The number of nitrogens with two attached hydrogens (primary N) is 3. The highest BCUT2D eigenvalue weighted by Gasteiger charge is 2.29. The number of imidazole rings is 1. The fourth-order valence-electron chi connectivity index (χ4n) is 4.31. The second-order valence-corrected chi connectivity index (χ2v) is 10.9. The van der Waals surface area contributed by atoms with Crippen molar-refractivity contribution in [2.45, 2.75) is 46.8 Å². The molecule has 8 N–H and O–H groups in total. The summed E-state index contributed by atoms with van der Waals surface area (Å²) in [7, 11) is -4.15. The average Bonchev–Trinajstić information content (AvgIpc) is 3.43. The van der Waals surface area contributed by atoms with Gasteiger partial charge in [0.1, 0.15) is 4.90 Å². The fraction of sp³-hybridized carbons (Fsp3) is 0.300. The zero-order valence-corrected chi connectivity index (χ0v) is 19.2. The molecule has 1 saturated carbocycles. The minimum Gasteiger partial charge on any atom is -0.369 e. The van der Waals surface area contributed by atoms with Gasteiger partial charge in [0.25, 0.3) is 0 Å². The Labute approximate surface area is 194 Å². The molecule has 0 radical (unpaired) electrons. The highest BCUT2D eigenvalue weighted by atomic mass is 32.2. The van der Waals surface area contributed by atoms with Crippen molar-refractivity contribution in [2.24, 2.45) is 10.9 Å². The van der Waals surface area contributed by atoms with Crippen LogP contribution >= 0.6 is 11.8 Å². The van der Waals surface area contributed by atoms with E-state index in [1.165, 1.54) is 11.8 Å². The number of primary sulfonamides is 1. The quantitative estimate of drug-likeness (QED) is 0.281. The van der Waals surface area contributed by atoms with Gasteiger partial charge in [-0.3, -0.25) is 0 Å². The Morgan fingerprint density at radius 2 is 1.85 bits per heavy atom. The summed E-state index contributed by atoms with van der Waals surface area (Å²) in [5, 5.41) is 20.2. The molecule has 172 valence electrons. The van der Waals surface area contributed by atoms with E-state index in [0.29, 0.717) is 27.1 Å². The van der Waals surface area contributed by atoms with Crippen molar-refractivity contribution >= 4 is 38.8 Å².